The summed E-state index contributed by atoms with van der Waals surface area (Å²) < 4.78 is 0. The van der Waals surface area contributed by atoms with Crippen LogP contribution >= 0.6 is 0 Å². The summed E-state index contributed by atoms with van der Waals surface area (Å²) in [5.74, 6) is -0.746. The summed E-state index contributed by atoms with van der Waals surface area (Å²) in [6.45, 7) is 2.06. The third kappa shape index (κ3) is 2.40. The fraction of sp³-hybridized carbons (Fsp3) is 0.214. The average Bonchev–Trinajstić information content (AvgIpc) is 2.25. The Morgan fingerprint density at radius 2 is 1.88 bits per heavy atom. The second-order valence-electron chi connectivity index (χ2n) is 4.08. The summed E-state index contributed by atoms with van der Waals surface area (Å²) in [5, 5.41) is 11.0. The van der Waals surface area contributed by atoms with Gasteiger partial charge in [-0.15, -0.1) is 0 Å². The Hall–Kier alpha value is -1.83. The molecule has 0 heterocycles. The van der Waals surface area contributed by atoms with Crippen molar-refractivity contribution in [2.45, 2.75) is 19.8 Å². The molecule has 0 saturated heterocycles. The number of hydrogen-bond donors (Lipinski definition) is 1. The third-order valence-corrected chi connectivity index (χ3v) is 2.69. The quantitative estimate of drug-likeness (QED) is 0.852. The fourth-order valence-corrected chi connectivity index (χ4v) is 1.82. The first kappa shape index (κ1) is 10.7. The van der Waals surface area contributed by atoms with Gasteiger partial charge in [0, 0.05) is 6.42 Å². The van der Waals surface area contributed by atoms with E-state index in [0.29, 0.717) is 6.42 Å². The van der Waals surface area contributed by atoms with E-state index in [0.717, 1.165) is 5.56 Å². The van der Waals surface area contributed by atoms with Crippen molar-refractivity contribution in [1.82, 2.24) is 0 Å². The monoisotopic (exact) mass is 214 g/mol. The minimum Gasteiger partial charge on any atom is -0.481 e. The maximum Gasteiger partial charge on any atom is 0.303 e. The van der Waals surface area contributed by atoms with Gasteiger partial charge in [-0.25, -0.2) is 0 Å². The normalized spacial score (nSPS) is 10.6. The standard InChI is InChI=1S/C14H14O2/c1-10-2-5-12-6-3-11(4-7-14(15)16)9-13(12)8-10/h2-3,5-6,8-9H,4,7H2,1H3,(H,15,16). The highest BCUT2D eigenvalue weighted by Gasteiger charge is 2.00. The first-order chi connectivity index (χ1) is 7.65. The van der Waals surface area contributed by atoms with Crippen LogP contribution in [0.1, 0.15) is 17.5 Å². The molecule has 0 atom stereocenters. The van der Waals surface area contributed by atoms with Crippen molar-refractivity contribution in [2.75, 3.05) is 0 Å². The molecule has 2 nitrogen and oxygen atoms in total. The van der Waals surface area contributed by atoms with Gasteiger partial charge in [-0.3, -0.25) is 4.79 Å². The van der Waals surface area contributed by atoms with Gasteiger partial charge < -0.3 is 5.11 Å². The molecular formula is C14H14O2. The number of benzene rings is 2. The fourth-order valence-electron chi connectivity index (χ4n) is 1.82. The molecule has 0 aromatic heterocycles. The number of carboxylic acids is 1. The van der Waals surface area contributed by atoms with Crippen LogP contribution in [-0.4, -0.2) is 11.1 Å². The largest absolute Gasteiger partial charge is 0.481 e. The van der Waals surface area contributed by atoms with Crippen LogP contribution in [0.3, 0.4) is 0 Å². The molecule has 1 N–H and O–H groups in total. The smallest absolute Gasteiger partial charge is 0.303 e. The Morgan fingerprint density at radius 1 is 1.12 bits per heavy atom. The molecule has 2 rings (SSSR count). The van der Waals surface area contributed by atoms with Crippen LogP contribution in [0.4, 0.5) is 0 Å². The summed E-state index contributed by atoms with van der Waals surface area (Å²) in [7, 11) is 0. The zero-order valence-electron chi connectivity index (χ0n) is 9.23. The number of hydrogen-bond acceptors (Lipinski definition) is 1. The molecule has 0 aliphatic carbocycles. The maximum absolute atomic E-state index is 10.5. The molecule has 0 saturated carbocycles. The molecule has 16 heavy (non-hydrogen) atoms. The lowest BCUT2D eigenvalue weighted by atomic mass is 10.0. The Balaban J connectivity index is 2.31. The number of carbonyl (C=O) groups is 1. The Kier molecular flexibility index (Phi) is 2.91. The second kappa shape index (κ2) is 4.35. The number of aryl methyl sites for hydroxylation is 2. The molecule has 2 aromatic carbocycles. The number of carboxylic acid groups (broad SMARTS) is 1. The molecular weight excluding hydrogens is 200 g/mol. The van der Waals surface area contributed by atoms with Gasteiger partial charge in [0.15, 0.2) is 0 Å². The summed E-state index contributed by atoms with van der Waals surface area (Å²) in [6.07, 6.45) is 0.788. The van der Waals surface area contributed by atoms with Gasteiger partial charge >= 0.3 is 5.97 Å². The average molecular weight is 214 g/mol. The predicted molar refractivity (Wildman–Crippen MR) is 64.6 cm³/mol. The van der Waals surface area contributed by atoms with Gasteiger partial charge in [0.05, 0.1) is 0 Å². The van der Waals surface area contributed by atoms with Crippen molar-refractivity contribution in [1.29, 1.82) is 0 Å². The van der Waals surface area contributed by atoms with Crippen molar-refractivity contribution in [2.24, 2.45) is 0 Å². The highest BCUT2D eigenvalue weighted by atomic mass is 16.4. The van der Waals surface area contributed by atoms with Crippen LogP contribution < -0.4 is 0 Å². The van der Waals surface area contributed by atoms with Gasteiger partial charge in [0.1, 0.15) is 0 Å². The summed E-state index contributed by atoms with van der Waals surface area (Å²) in [5.41, 5.74) is 2.31. The number of aliphatic carboxylic acids is 1. The molecule has 82 valence electrons. The first-order valence-corrected chi connectivity index (χ1v) is 5.36. The van der Waals surface area contributed by atoms with E-state index >= 15 is 0 Å². The molecule has 2 heteroatoms. The van der Waals surface area contributed by atoms with E-state index in [4.69, 9.17) is 5.11 Å². The maximum atomic E-state index is 10.5. The molecule has 0 aliphatic rings. The molecule has 0 amide bonds. The van der Waals surface area contributed by atoms with Gasteiger partial charge in [-0.2, -0.15) is 0 Å². The first-order valence-electron chi connectivity index (χ1n) is 5.36. The lowest BCUT2D eigenvalue weighted by Crippen LogP contribution is -1.97. The van der Waals surface area contributed by atoms with E-state index in [1.807, 2.05) is 12.1 Å². The molecule has 0 radical (unpaired) electrons. The number of rotatable bonds is 3. The van der Waals surface area contributed by atoms with Crippen LogP contribution in [0.15, 0.2) is 36.4 Å². The lowest BCUT2D eigenvalue weighted by Gasteiger charge is -2.03. The molecule has 2 aromatic rings. The lowest BCUT2D eigenvalue weighted by molar-refractivity contribution is -0.136. The van der Waals surface area contributed by atoms with Crippen LogP contribution in [0.25, 0.3) is 10.8 Å². The van der Waals surface area contributed by atoms with E-state index < -0.39 is 5.97 Å². The van der Waals surface area contributed by atoms with Crippen LogP contribution in [0.5, 0.6) is 0 Å². The Morgan fingerprint density at radius 3 is 2.62 bits per heavy atom. The molecule has 0 fully saturated rings. The van der Waals surface area contributed by atoms with E-state index in [9.17, 15) is 4.79 Å². The van der Waals surface area contributed by atoms with Gasteiger partial charge in [-0.1, -0.05) is 42.0 Å². The molecule has 0 unspecified atom stereocenters. The van der Waals surface area contributed by atoms with Gasteiger partial charge in [-0.05, 0) is 29.7 Å². The highest BCUT2D eigenvalue weighted by Crippen LogP contribution is 2.18. The molecule has 0 aliphatic heterocycles. The van der Waals surface area contributed by atoms with Crippen LogP contribution in [0.2, 0.25) is 0 Å². The molecule has 0 bridgehead atoms. The van der Waals surface area contributed by atoms with E-state index in [-0.39, 0.29) is 6.42 Å². The summed E-state index contributed by atoms with van der Waals surface area (Å²) >= 11 is 0. The minimum absolute atomic E-state index is 0.192. The zero-order chi connectivity index (χ0) is 11.5. The number of fused-ring (bicyclic) bond motifs is 1. The molecule has 0 spiro atoms. The van der Waals surface area contributed by atoms with E-state index in [1.54, 1.807) is 0 Å². The van der Waals surface area contributed by atoms with Crippen molar-refractivity contribution < 1.29 is 9.90 Å². The minimum atomic E-state index is -0.746. The van der Waals surface area contributed by atoms with E-state index in [2.05, 4.69) is 31.2 Å². The second-order valence-corrected chi connectivity index (χ2v) is 4.08. The Bertz CT molecular complexity index is 529. The summed E-state index contributed by atoms with van der Waals surface area (Å²) in [6, 6.07) is 12.4. The predicted octanol–water partition coefficient (Wildman–Crippen LogP) is 3.17. The Labute approximate surface area is 94.5 Å². The van der Waals surface area contributed by atoms with Gasteiger partial charge in [0.2, 0.25) is 0 Å². The third-order valence-electron chi connectivity index (χ3n) is 2.69. The topological polar surface area (TPSA) is 37.3 Å². The van der Waals surface area contributed by atoms with Crippen molar-refractivity contribution in [3.63, 3.8) is 0 Å². The van der Waals surface area contributed by atoms with Crippen molar-refractivity contribution >= 4 is 16.7 Å². The van der Waals surface area contributed by atoms with Crippen LogP contribution in [-0.2, 0) is 11.2 Å². The van der Waals surface area contributed by atoms with Crippen molar-refractivity contribution in [3.8, 4) is 0 Å². The van der Waals surface area contributed by atoms with E-state index in [1.165, 1.54) is 16.3 Å². The SMILES string of the molecule is Cc1ccc2ccc(CCC(=O)O)cc2c1. The van der Waals surface area contributed by atoms with Crippen molar-refractivity contribution in [3.05, 3.63) is 47.5 Å². The van der Waals surface area contributed by atoms with Gasteiger partial charge in [0.25, 0.3) is 0 Å². The van der Waals surface area contributed by atoms with Crippen LogP contribution in [0, 0.1) is 6.92 Å². The zero-order valence-corrected chi connectivity index (χ0v) is 9.23. The highest BCUT2D eigenvalue weighted by molar-refractivity contribution is 5.83. The summed E-state index contributed by atoms with van der Waals surface area (Å²) in [4.78, 5) is 10.5.